The van der Waals surface area contributed by atoms with Gasteiger partial charge in [0.1, 0.15) is 0 Å². The second kappa shape index (κ2) is 7.10. The quantitative estimate of drug-likeness (QED) is 0.350. The summed E-state index contributed by atoms with van der Waals surface area (Å²) in [5.74, 6) is -0.527. The molecule has 0 N–H and O–H groups in total. The second-order valence-electron chi connectivity index (χ2n) is 3.66. The topological polar surface area (TPSA) is 69.4 Å². The maximum absolute atomic E-state index is 11.6. The van der Waals surface area contributed by atoms with Gasteiger partial charge in [0.25, 0.3) is 5.69 Å². The van der Waals surface area contributed by atoms with Crippen LogP contribution in [0.5, 0.6) is 0 Å². The highest BCUT2D eigenvalue weighted by molar-refractivity contribution is 9.09. The zero-order valence-electron chi connectivity index (χ0n) is 10.0. The summed E-state index contributed by atoms with van der Waals surface area (Å²) in [5, 5.41) is 11.6. The Morgan fingerprint density at radius 1 is 1.44 bits per heavy atom. The van der Waals surface area contributed by atoms with Gasteiger partial charge >= 0.3 is 5.97 Å². The van der Waals surface area contributed by atoms with Gasteiger partial charge in [-0.25, -0.2) is 4.79 Å². The van der Waals surface area contributed by atoms with Gasteiger partial charge in [-0.3, -0.25) is 10.1 Å². The summed E-state index contributed by atoms with van der Waals surface area (Å²) in [6.45, 7) is 1.94. The van der Waals surface area contributed by atoms with E-state index in [2.05, 4.69) is 15.9 Å². The van der Waals surface area contributed by atoms with Crippen molar-refractivity contribution in [1.29, 1.82) is 0 Å². The molecule has 0 saturated carbocycles. The van der Waals surface area contributed by atoms with Crippen LogP contribution in [0.4, 0.5) is 5.69 Å². The first-order valence-corrected chi connectivity index (χ1v) is 6.72. The van der Waals surface area contributed by atoms with Crippen LogP contribution < -0.4 is 0 Å². The van der Waals surface area contributed by atoms with Crippen molar-refractivity contribution in [3.05, 3.63) is 39.4 Å². The number of non-ortho nitro benzene ring substituents is 1. The Morgan fingerprint density at radius 2 is 2.17 bits per heavy atom. The lowest BCUT2D eigenvalue weighted by Crippen LogP contribution is -2.06. The fraction of sp³-hybridized carbons (Fsp3) is 0.417. The number of nitrogens with zero attached hydrogens (tertiary/aromatic N) is 1. The summed E-state index contributed by atoms with van der Waals surface area (Å²) in [6.07, 6.45) is 1.53. The van der Waals surface area contributed by atoms with Crippen molar-refractivity contribution in [2.24, 2.45) is 0 Å². The molecule has 0 aliphatic rings. The molecule has 0 aromatic heterocycles. The number of hydrogen-bond donors (Lipinski definition) is 0. The molecule has 6 heteroatoms. The molecule has 0 spiro atoms. The Bertz CT molecular complexity index is 448. The average Bonchev–Trinajstić information content (AvgIpc) is 2.36. The highest BCUT2D eigenvalue weighted by Gasteiger charge is 2.15. The Balaban J connectivity index is 3.05. The first-order valence-electron chi connectivity index (χ1n) is 5.60. The lowest BCUT2D eigenvalue weighted by molar-refractivity contribution is -0.384. The van der Waals surface area contributed by atoms with Crippen LogP contribution in [0.2, 0.25) is 0 Å². The lowest BCUT2D eigenvalue weighted by Gasteiger charge is -2.05. The van der Waals surface area contributed by atoms with Crippen LogP contribution in [0.15, 0.2) is 18.2 Å². The Hall–Kier alpha value is -1.43. The number of hydrogen-bond acceptors (Lipinski definition) is 4. The van der Waals surface area contributed by atoms with Gasteiger partial charge in [0, 0.05) is 17.5 Å². The van der Waals surface area contributed by atoms with E-state index in [0.29, 0.717) is 6.42 Å². The number of carbonyl (C=O) groups excluding carboxylic acids is 1. The Labute approximate surface area is 113 Å². The van der Waals surface area contributed by atoms with Gasteiger partial charge in [0.15, 0.2) is 0 Å². The number of carbonyl (C=O) groups is 1. The third kappa shape index (κ3) is 4.10. The molecule has 0 radical (unpaired) electrons. The van der Waals surface area contributed by atoms with E-state index in [1.165, 1.54) is 12.1 Å². The van der Waals surface area contributed by atoms with Crippen LogP contribution in [0.3, 0.4) is 0 Å². The van der Waals surface area contributed by atoms with Crippen molar-refractivity contribution in [1.82, 2.24) is 0 Å². The number of benzene rings is 1. The van der Waals surface area contributed by atoms with E-state index >= 15 is 0 Å². The molecule has 1 rings (SSSR count). The van der Waals surface area contributed by atoms with Gasteiger partial charge in [-0.05, 0) is 31.4 Å². The maximum atomic E-state index is 11.6. The number of rotatable bonds is 6. The smallest absolute Gasteiger partial charge is 0.338 e. The molecule has 0 heterocycles. The van der Waals surface area contributed by atoms with Crippen LogP contribution in [-0.2, 0) is 11.2 Å². The van der Waals surface area contributed by atoms with E-state index < -0.39 is 10.9 Å². The van der Waals surface area contributed by atoms with E-state index in [0.717, 1.165) is 17.3 Å². The minimum atomic E-state index is -0.527. The minimum absolute atomic E-state index is 0.0786. The fourth-order valence-corrected chi connectivity index (χ4v) is 1.81. The van der Waals surface area contributed by atoms with Gasteiger partial charge in [0.05, 0.1) is 17.1 Å². The van der Waals surface area contributed by atoms with Crippen molar-refractivity contribution in [3.63, 3.8) is 0 Å². The normalized spacial score (nSPS) is 10.1. The molecule has 0 aliphatic heterocycles. The lowest BCUT2D eigenvalue weighted by atomic mass is 10.1. The number of nitro groups is 1. The number of esters is 1. The largest absolute Gasteiger partial charge is 0.462 e. The van der Waals surface area contributed by atoms with Crippen molar-refractivity contribution in [3.8, 4) is 0 Å². The summed E-state index contributed by atoms with van der Waals surface area (Å²) in [6, 6.07) is 4.38. The molecule has 1 aromatic carbocycles. The highest BCUT2D eigenvalue weighted by atomic mass is 79.9. The van der Waals surface area contributed by atoms with E-state index in [-0.39, 0.29) is 17.9 Å². The molecule has 0 aliphatic carbocycles. The van der Waals surface area contributed by atoms with E-state index in [1.54, 1.807) is 13.0 Å². The molecule has 0 bridgehead atoms. The highest BCUT2D eigenvalue weighted by Crippen LogP contribution is 2.19. The van der Waals surface area contributed by atoms with Crippen LogP contribution in [0, 0.1) is 10.1 Å². The molecular weight excluding hydrogens is 302 g/mol. The first kappa shape index (κ1) is 14.6. The van der Waals surface area contributed by atoms with E-state index in [9.17, 15) is 14.9 Å². The SMILES string of the molecule is CCOC(=O)c1cc(CCCBr)cc([N+](=O)[O-])c1. The second-order valence-corrected chi connectivity index (χ2v) is 4.45. The summed E-state index contributed by atoms with van der Waals surface area (Å²) in [5.41, 5.74) is 0.924. The van der Waals surface area contributed by atoms with E-state index in [1.807, 2.05) is 0 Å². The summed E-state index contributed by atoms with van der Waals surface area (Å²) in [4.78, 5) is 21.9. The van der Waals surface area contributed by atoms with Gasteiger partial charge in [0.2, 0.25) is 0 Å². The predicted octanol–water partition coefficient (Wildman–Crippen LogP) is 3.10. The number of ether oxygens (including phenoxy) is 1. The van der Waals surface area contributed by atoms with Gasteiger partial charge in [-0.1, -0.05) is 15.9 Å². The number of halogens is 1. The van der Waals surface area contributed by atoms with Crippen LogP contribution in [0.1, 0.15) is 29.3 Å². The van der Waals surface area contributed by atoms with Crippen LogP contribution in [0.25, 0.3) is 0 Å². The third-order valence-electron chi connectivity index (χ3n) is 2.30. The summed E-state index contributed by atoms with van der Waals surface area (Å²) in [7, 11) is 0. The average molecular weight is 316 g/mol. The summed E-state index contributed by atoms with van der Waals surface area (Å²) < 4.78 is 4.85. The predicted molar refractivity (Wildman–Crippen MR) is 71.2 cm³/mol. The molecule has 0 amide bonds. The zero-order valence-corrected chi connectivity index (χ0v) is 11.6. The first-order chi connectivity index (χ1) is 8.58. The van der Waals surface area contributed by atoms with Gasteiger partial charge in [-0.2, -0.15) is 0 Å². The molecular formula is C12H14BrNO4. The Morgan fingerprint density at radius 3 is 2.72 bits per heavy atom. The molecule has 0 unspecified atom stereocenters. The number of alkyl halides is 1. The number of nitro benzene ring substituents is 1. The maximum Gasteiger partial charge on any atom is 0.338 e. The van der Waals surface area contributed by atoms with Crippen molar-refractivity contribution in [2.75, 3.05) is 11.9 Å². The summed E-state index contributed by atoms with van der Waals surface area (Å²) >= 11 is 3.30. The molecule has 98 valence electrons. The van der Waals surface area contributed by atoms with Crippen molar-refractivity contribution < 1.29 is 14.5 Å². The van der Waals surface area contributed by atoms with Gasteiger partial charge in [-0.15, -0.1) is 0 Å². The van der Waals surface area contributed by atoms with Gasteiger partial charge < -0.3 is 4.74 Å². The van der Waals surface area contributed by atoms with Crippen molar-refractivity contribution in [2.45, 2.75) is 19.8 Å². The molecule has 1 aromatic rings. The van der Waals surface area contributed by atoms with E-state index in [4.69, 9.17) is 4.74 Å². The molecule has 0 atom stereocenters. The Kier molecular flexibility index (Phi) is 5.77. The number of aryl methyl sites for hydroxylation is 1. The fourth-order valence-electron chi connectivity index (χ4n) is 1.53. The van der Waals surface area contributed by atoms with Crippen LogP contribution >= 0.6 is 15.9 Å². The van der Waals surface area contributed by atoms with Crippen molar-refractivity contribution >= 4 is 27.6 Å². The minimum Gasteiger partial charge on any atom is -0.462 e. The molecule has 5 nitrogen and oxygen atoms in total. The molecule has 0 fully saturated rings. The molecule has 0 saturated heterocycles. The zero-order chi connectivity index (χ0) is 13.5. The monoisotopic (exact) mass is 315 g/mol. The van der Waals surface area contributed by atoms with Crippen LogP contribution in [-0.4, -0.2) is 22.8 Å². The standard InChI is InChI=1S/C12H14BrNO4/c1-2-18-12(15)10-6-9(4-3-5-13)7-11(8-10)14(16)17/h6-8H,2-5H2,1H3. The molecule has 18 heavy (non-hydrogen) atoms. The third-order valence-corrected chi connectivity index (χ3v) is 2.86.